The Morgan fingerprint density at radius 1 is 1.50 bits per heavy atom. The quantitative estimate of drug-likeness (QED) is 0.723. The van der Waals surface area contributed by atoms with E-state index in [1.54, 1.807) is 0 Å². The molecule has 0 aromatic carbocycles. The third-order valence-electron chi connectivity index (χ3n) is 3.06. The number of anilines is 1. The van der Waals surface area contributed by atoms with Crippen molar-refractivity contribution in [2.75, 3.05) is 38.0 Å². The molecule has 0 bridgehead atoms. The van der Waals surface area contributed by atoms with Crippen LogP contribution < -0.4 is 10.6 Å². The van der Waals surface area contributed by atoms with Crippen LogP contribution in [0, 0.1) is 0 Å². The van der Waals surface area contributed by atoms with Crippen LogP contribution in [0.25, 0.3) is 0 Å². The van der Waals surface area contributed by atoms with Crippen molar-refractivity contribution in [2.45, 2.75) is 19.8 Å². The van der Waals surface area contributed by atoms with Gasteiger partial charge in [-0.15, -0.1) is 0 Å². The Morgan fingerprint density at radius 3 is 2.83 bits per heavy atom. The molecular formula is C12H21N5O. The topological polar surface area (TPSA) is 73.1 Å². The van der Waals surface area contributed by atoms with E-state index in [0.29, 0.717) is 18.3 Å². The van der Waals surface area contributed by atoms with Gasteiger partial charge in [0.05, 0.1) is 6.54 Å². The summed E-state index contributed by atoms with van der Waals surface area (Å²) in [6.45, 7) is 8.35. The Balaban J connectivity index is 1.82. The highest BCUT2D eigenvalue weighted by atomic mass is 16.2. The number of rotatable bonds is 4. The Hall–Kier alpha value is -1.40. The highest BCUT2D eigenvalue weighted by molar-refractivity contribution is 5.91. The summed E-state index contributed by atoms with van der Waals surface area (Å²) in [5.41, 5.74) is 1.03. The van der Waals surface area contributed by atoms with Crippen LogP contribution in [-0.2, 0) is 4.79 Å². The van der Waals surface area contributed by atoms with E-state index >= 15 is 0 Å². The summed E-state index contributed by atoms with van der Waals surface area (Å²) in [7, 11) is 0. The molecule has 0 unspecified atom stereocenters. The molecule has 2 heterocycles. The molecule has 1 aromatic heterocycles. The maximum atomic E-state index is 11.8. The molecule has 3 N–H and O–H groups in total. The predicted molar refractivity (Wildman–Crippen MR) is 70.6 cm³/mol. The normalized spacial score (nSPS) is 17.1. The number of amides is 1. The van der Waals surface area contributed by atoms with Crippen molar-refractivity contribution in [3.05, 3.63) is 11.8 Å². The highest BCUT2D eigenvalue weighted by Gasteiger charge is 2.14. The first-order chi connectivity index (χ1) is 8.65. The Kier molecular flexibility index (Phi) is 4.33. The number of carbonyl (C=O) groups is 1. The average Bonchev–Trinajstić information content (AvgIpc) is 2.78. The monoisotopic (exact) mass is 251 g/mol. The zero-order chi connectivity index (χ0) is 13.0. The number of hydrogen-bond donors (Lipinski definition) is 3. The molecule has 0 spiro atoms. The minimum atomic E-state index is -0.00120. The summed E-state index contributed by atoms with van der Waals surface area (Å²) >= 11 is 0. The number of nitrogens with one attached hydrogen (secondary N) is 3. The highest BCUT2D eigenvalue weighted by Crippen LogP contribution is 2.14. The Morgan fingerprint density at radius 2 is 2.22 bits per heavy atom. The van der Waals surface area contributed by atoms with Gasteiger partial charge < -0.3 is 10.6 Å². The molecule has 1 amide bonds. The molecule has 1 saturated heterocycles. The zero-order valence-corrected chi connectivity index (χ0v) is 11.0. The average molecular weight is 251 g/mol. The van der Waals surface area contributed by atoms with Crippen LogP contribution in [0.3, 0.4) is 0 Å². The minimum absolute atomic E-state index is 0.00120. The molecule has 0 radical (unpaired) electrons. The number of nitrogens with zero attached hydrogens (tertiary/aromatic N) is 2. The SMILES string of the molecule is CC(C)c1cc(NC(=O)CN2CCNCC2)n[nH]1. The summed E-state index contributed by atoms with van der Waals surface area (Å²) in [5.74, 6) is 0.994. The first-order valence-corrected chi connectivity index (χ1v) is 6.43. The van der Waals surface area contributed by atoms with Gasteiger partial charge in [0, 0.05) is 37.9 Å². The zero-order valence-electron chi connectivity index (χ0n) is 11.0. The van der Waals surface area contributed by atoms with Crippen molar-refractivity contribution in [1.29, 1.82) is 0 Å². The first kappa shape index (κ1) is 13.0. The molecule has 1 aliphatic rings. The van der Waals surface area contributed by atoms with Gasteiger partial charge in [-0.3, -0.25) is 14.8 Å². The molecule has 0 atom stereocenters. The molecule has 2 rings (SSSR count). The van der Waals surface area contributed by atoms with Crippen LogP contribution in [-0.4, -0.2) is 53.7 Å². The first-order valence-electron chi connectivity index (χ1n) is 6.43. The largest absolute Gasteiger partial charge is 0.314 e. The molecule has 18 heavy (non-hydrogen) atoms. The Bertz CT molecular complexity index is 395. The van der Waals surface area contributed by atoms with Crippen molar-refractivity contribution in [1.82, 2.24) is 20.4 Å². The van der Waals surface area contributed by atoms with Crippen molar-refractivity contribution in [3.63, 3.8) is 0 Å². The van der Waals surface area contributed by atoms with Crippen molar-refractivity contribution >= 4 is 11.7 Å². The van der Waals surface area contributed by atoms with Gasteiger partial charge in [0.25, 0.3) is 0 Å². The lowest BCUT2D eigenvalue weighted by Crippen LogP contribution is -2.46. The molecule has 1 aromatic rings. The van der Waals surface area contributed by atoms with E-state index in [-0.39, 0.29) is 5.91 Å². The second kappa shape index (κ2) is 5.97. The van der Waals surface area contributed by atoms with E-state index in [0.717, 1.165) is 31.9 Å². The van der Waals surface area contributed by atoms with Gasteiger partial charge in [0.2, 0.25) is 5.91 Å². The van der Waals surface area contributed by atoms with E-state index in [2.05, 4.69) is 39.6 Å². The van der Waals surface area contributed by atoms with E-state index < -0.39 is 0 Å². The maximum absolute atomic E-state index is 11.8. The molecule has 6 nitrogen and oxygen atoms in total. The fourth-order valence-corrected chi connectivity index (χ4v) is 1.95. The number of piperazine rings is 1. The molecule has 0 saturated carbocycles. The Labute approximate surface area is 107 Å². The third-order valence-corrected chi connectivity index (χ3v) is 3.06. The number of aromatic nitrogens is 2. The second-order valence-electron chi connectivity index (χ2n) is 4.94. The van der Waals surface area contributed by atoms with E-state index in [1.165, 1.54) is 0 Å². The molecule has 0 aliphatic carbocycles. The van der Waals surface area contributed by atoms with Gasteiger partial charge in [-0.1, -0.05) is 13.8 Å². The van der Waals surface area contributed by atoms with Gasteiger partial charge >= 0.3 is 0 Å². The number of hydrogen-bond acceptors (Lipinski definition) is 4. The van der Waals surface area contributed by atoms with Crippen molar-refractivity contribution < 1.29 is 4.79 Å². The predicted octanol–water partition coefficient (Wildman–Crippen LogP) is 0.377. The summed E-state index contributed by atoms with van der Waals surface area (Å²) in [4.78, 5) is 14.0. The van der Waals surface area contributed by atoms with Crippen LogP contribution in [0.5, 0.6) is 0 Å². The number of carbonyl (C=O) groups excluding carboxylic acids is 1. The molecule has 1 aliphatic heterocycles. The van der Waals surface area contributed by atoms with Crippen LogP contribution in [0.4, 0.5) is 5.82 Å². The molecule has 6 heteroatoms. The van der Waals surface area contributed by atoms with Gasteiger partial charge in [-0.25, -0.2) is 0 Å². The molecule has 1 fully saturated rings. The summed E-state index contributed by atoms with van der Waals surface area (Å²) in [6, 6.07) is 1.89. The second-order valence-corrected chi connectivity index (χ2v) is 4.94. The van der Waals surface area contributed by atoms with Crippen LogP contribution in [0.2, 0.25) is 0 Å². The standard InChI is InChI=1S/C12H21N5O/c1-9(2)10-7-11(16-15-10)14-12(18)8-17-5-3-13-4-6-17/h7,9,13H,3-6,8H2,1-2H3,(H2,14,15,16,18). The fourth-order valence-electron chi connectivity index (χ4n) is 1.95. The fraction of sp³-hybridized carbons (Fsp3) is 0.667. The molecule has 100 valence electrons. The lowest BCUT2D eigenvalue weighted by atomic mass is 10.1. The summed E-state index contributed by atoms with van der Waals surface area (Å²) < 4.78 is 0. The van der Waals surface area contributed by atoms with Crippen LogP contribution in [0.1, 0.15) is 25.5 Å². The minimum Gasteiger partial charge on any atom is -0.314 e. The lowest BCUT2D eigenvalue weighted by Gasteiger charge is -2.26. The van der Waals surface area contributed by atoms with Crippen LogP contribution in [0.15, 0.2) is 6.07 Å². The molecular weight excluding hydrogens is 230 g/mol. The summed E-state index contributed by atoms with van der Waals surface area (Å²) in [6.07, 6.45) is 0. The van der Waals surface area contributed by atoms with E-state index in [4.69, 9.17) is 0 Å². The van der Waals surface area contributed by atoms with Crippen LogP contribution >= 0.6 is 0 Å². The van der Waals surface area contributed by atoms with Gasteiger partial charge in [-0.2, -0.15) is 5.10 Å². The third kappa shape index (κ3) is 3.54. The lowest BCUT2D eigenvalue weighted by molar-refractivity contribution is -0.117. The number of aromatic amines is 1. The van der Waals surface area contributed by atoms with Gasteiger partial charge in [0.15, 0.2) is 5.82 Å². The van der Waals surface area contributed by atoms with Crippen molar-refractivity contribution in [3.8, 4) is 0 Å². The van der Waals surface area contributed by atoms with Crippen molar-refractivity contribution in [2.24, 2.45) is 0 Å². The van der Waals surface area contributed by atoms with E-state index in [9.17, 15) is 4.79 Å². The smallest absolute Gasteiger partial charge is 0.239 e. The number of H-pyrrole nitrogens is 1. The van der Waals surface area contributed by atoms with E-state index in [1.807, 2.05) is 6.07 Å². The van der Waals surface area contributed by atoms with Gasteiger partial charge in [-0.05, 0) is 5.92 Å². The maximum Gasteiger partial charge on any atom is 0.239 e. The van der Waals surface area contributed by atoms with Gasteiger partial charge in [0.1, 0.15) is 0 Å². The summed E-state index contributed by atoms with van der Waals surface area (Å²) in [5, 5.41) is 13.1.